The van der Waals surface area contributed by atoms with Gasteiger partial charge in [0.25, 0.3) is 5.91 Å². The second-order valence-corrected chi connectivity index (χ2v) is 8.06. The maximum atomic E-state index is 12.7. The van der Waals surface area contributed by atoms with Gasteiger partial charge in [0.15, 0.2) is 0 Å². The van der Waals surface area contributed by atoms with Crippen LogP contribution in [0, 0.1) is 0 Å². The number of rotatable bonds is 5. The van der Waals surface area contributed by atoms with E-state index in [1.54, 1.807) is 6.20 Å². The first kappa shape index (κ1) is 18.3. The Hall–Kier alpha value is -2.12. The van der Waals surface area contributed by atoms with Gasteiger partial charge in [-0.25, -0.2) is 4.98 Å². The van der Waals surface area contributed by atoms with E-state index < -0.39 is 0 Å². The number of aromatic nitrogens is 2. The number of pyridine rings is 2. The predicted molar refractivity (Wildman–Crippen MR) is 106 cm³/mol. The summed E-state index contributed by atoms with van der Waals surface area (Å²) in [6.07, 6.45) is 6.60. The minimum atomic E-state index is 0.0500. The molecule has 6 nitrogen and oxygen atoms in total. The monoisotopic (exact) mass is 384 g/mol. The Kier molecular flexibility index (Phi) is 5.89. The number of hydrogen-bond acceptors (Lipinski definition) is 6. The van der Waals surface area contributed by atoms with Crippen LogP contribution in [0.3, 0.4) is 0 Å². The summed E-state index contributed by atoms with van der Waals surface area (Å²) in [7, 11) is 0. The molecule has 2 aliphatic rings. The lowest BCUT2D eigenvalue weighted by molar-refractivity contribution is 0.0628. The Morgan fingerprint density at radius 2 is 1.96 bits per heavy atom. The van der Waals surface area contributed by atoms with Crippen molar-refractivity contribution in [1.82, 2.24) is 19.8 Å². The summed E-state index contributed by atoms with van der Waals surface area (Å²) in [5.41, 5.74) is 1.89. The lowest BCUT2D eigenvalue weighted by Crippen LogP contribution is -2.48. The molecule has 0 saturated carbocycles. The number of nitrogens with zero attached hydrogens (tertiary/aromatic N) is 4. The molecule has 142 valence electrons. The van der Waals surface area contributed by atoms with E-state index in [1.807, 2.05) is 53.3 Å². The standard InChI is InChI=1S/C20H24N4O2S/c25-20(17-1-2-19(22-13-17)26-18-5-12-27-15-18)24-10-8-23(9-11-24)14-16-3-6-21-7-4-16/h1-4,6-7,13,18H,5,8-12,14-15H2. The second-order valence-electron chi connectivity index (χ2n) is 6.91. The number of piperazine rings is 1. The fraction of sp³-hybridized carbons (Fsp3) is 0.450. The van der Waals surface area contributed by atoms with E-state index in [2.05, 4.69) is 14.9 Å². The highest BCUT2D eigenvalue weighted by Gasteiger charge is 2.23. The van der Waals surface area contributed by atoms with Crippen molar-refractivity contribution >= 4 is 17.7 Å². The van der Waals surface area contributed by atoms with E-state index in [9.17, 15) is 4.79 Å². The van der Waals surface area contributed by atoms with Gasteiger partial charge in [-0.3, -0.25) is 14.7 Å². The number of carbonyl (C=O) groups excluding carboxylic acids is 1. The molecule has 0 spiro atoms. The van der Waals surface area contributed by atoms with Gasteiger partial charge in [0.2, 0.25) is 5.88 Å². The van der Waals surface area contributed by atoms with Gasteiger partial charge in [-0.1, -0.05) is 0 Å². The molecule has 2 aromatic rings. The van der Waals surface area contributed by atoms with Crippen molar-refractivity contribution < 1.29 is 9.53 Å². The maximum absolute atomic E-state index is 12.7. The van der Waals surface area contributed by atoms with Crippen LogP contribution >= 0.6 is 11.8 Å². The molecule has 2 aromatic heterocycles. The molecule has 4 rings (SSSR count). The molecule has 2 saturated heterocycles. The summed E-state index contributed by atoms with van der Waals surface area (Å²) in [5, 5.41) is 0. The summed E-state index contributed by atoms with van der Waals surface area (Å²) in [4.78, 5) is 25.4. The molecule has 1 amide bonds. The quantitative estimate of drug-likeness (QED) is 0.789. The van der Waals surface area contributed by atoms with Crippen LogP contribution in [0.2, 0.25) is 0 Å². The number of ether oxygens (including phenoxy) is 1. The molecule has 1 atom stereocenters. The fourth-order valence-corrected chi connectivity index (χ4v) is 4.48. The van der Waals surface area contributed by atoms with Crippen LogP contribution in [0.15, 0.2) is 42.9 Å². The molecule has 1 unspecified atom stereocenters. The fourth-order valence-electron chi connectivity index (χ4n) is 3.39. The van der Waals surface area contributed by atoms with Gasteiger partial charge in [-0.2, -0.15) is 11.8 Å². The Bertz CT molecular complexity index is 742. The number of carbonyl (C=O) groups is 1. The number of hydrogen-bond donors (Lipinski definition) is 0. The first-order valence-electron chi connectivity index (χ1n) is 9.39. The lowest BCUT2D eigenvalue weighted by atomic mass is 10.2. The predicted octanol–water partition coefficient (Wildman–Crippen LogP) is 2.32. The first-order chi connectivity index (χ1) is 13.3. The average Bonchev–Trinajstić information content (AvgIpc) is 3.22. The molecule has 2 aliphatic heterocycles. The number of amides is 1. The van der Waals surface area contributed by atoms with Gasteiger partial charge in [-0.15, -0.1) is 0 Å². The summed E-state index contributed by atoms with van der Waals surface area (Å²) < 4.78 is 5.86. The van der Waals surface area contributed by atoms with E-state index in [1.165, 1.54) is 5.56 Å². The SMILES string of the molecule is O=C(c1ccc(OC2CCSC2)nc1)N1CCN(Cc2ccncc2)CC1. The molecular weight excluding hydrogens is 360 g/mol. The smallest absolute Gasteiger partial charge is 0.255 e. The van der Waals surface area contributed by atoms with E-state index in [4.69, 9.17) is 4.74 Å². The van der Waals surface area contributed by atoms with E-state index >= 15 is 0 Å². The van der Waals surface area contributed by atoms with Crippen molar-refractivity contribution in [3.63, 3.8) is 0 Å². The average molecular weight is 385 g/mol. The molecule has 2 fully saturated rings. The molecule has 0 radical (unpaired) electrons. The Labute approximate surface area is 163 Å². The summed E-state index contributed by atoms with van der Waals surface area (Å²) >= 11 is 1.91. The maximum Gasteiger partial charge on any atom is 0.255 e. The second kappa shape index (κ2) is 8.71. The van der Waals surface area contributed by atoms with Gasteiger partial charge in [0.1, 0.15) is 6.10 Å². The van der Waals surface area contributed by atoms with Crippen LogP contribution in [-0.2, 0) is 6.54 Å². The third-order valence-electron chi connectivity index (χ3n) is 4.97. The highest BCUT2D eigenvalue weighted by molar-refractivity contribution is 7.99. The summed E-state index contributed by atoms with van der Waals surface area (Å²) in [5.74, 6) is 2.83. The highest BCUT2D eigenvalue weighted by Crippen LogP contribution is 2.22. The zero-order chi connectivity index (χ0) is 18.5. The minimum Gasteiger partial charge on any atom is -0.473 e. The van der Waals surface area contributed by atoms with Crippen LogP contribution < -0.4 is 4.74 Å². The van der Waals surface area contributed by atoms with E-state index in [0.29, 0.717) is 11.4 Å². The third-order valence-corrected chi connectivity index (χ3v) is 6.11. The van der Waals surface area contributed by atoms with Gasteiger partial charge in [-0.05, 0) is 35.9 Å². The molecule has 0 aromatic carbocycles. The number of thioether (sulfide) groups is 1. The van der Waals surface area contributed by atoms with E-state index in [-0.39, 0.29) is 12.0 Å². The van der Waals surface area contributed by atoms with Crippen LogP contribution in [0.1, 0.15) is 22.3 Å². The molecular formula is C20H24N4O2S. The van der Waals surface area contributed by atoms with Crippen molar-refractivity contribution in [3.05, 3.63) is 54.0 Å². The minimum absolute atomic E-state index is 0.0500. The molecule has 0 bridgehead atoms. The third kappa shape index (κ3) is 4.78. The van der Waals surface area contributed by atoms with Gasteiger partial charge >= 0.3 is 0 Å². The normalized spacial score (nSPS) is 20.6. The van der Waals surface area contributed by atoms with Crippen molar-refractivity contribution in [3.8, 4) is 5.88 Å². The first-order valence-corrected chi connectivity index (χ1v) is 10.5. The van der Waals surface area contributed by atoms with Crippen molar-refractivity contribution in [2.24, 2.45) is 0 Å². The van der Waals surface area contributed by atoms with Crippen LogP contribution in [-0.4, -0.2) is 69.5 Å². The zero-order valence-electron chi connectivity index (χ0n) is 15.3. The van der Waals surface area contributed by atoms with Crippen molar-refractivity contribution in [1.29, 1.82) is 0 Å². The van der Waals surface area contributed by atoms with E-state index in [0.717, 1.165) is 50.7 Å². The van der Waals surface area contributed by atoms with Crippen LogP contribution in [0.5, 0.6) is 5.88 Å². The summed E-state index contributed by atoms with van der Waals surface area (Å²) in [6, 6.07) is 7.72. The lowest BCUT2D eigenvalue weighted by Gasteiger charge is -2.34. The zero-order valence-corrected chi connectivity index (χ0v) is 16.1. The Morgan fingerprint density at radius 1 is 1.15 bits per heavy atom. The molecule has 7 heteroatoms. The molecule has 27 heavy (non-hydrogen) atoms. The Balaban J connectivity index is 1.28. The Morgan fingerprint density at radius 3 is 2.63 bits per heavy atom. The van der Waals surface area contributed by atoms with Gasteiger partial charge in [0, 0.05) is 63.1 Å². The van der Waals surface area contributed by atoms with Gasteiger partial charge < -0.3 is 9.64 Å². The van der Waals surface area contributed by atoms with Crippen molar-refractivity contribution in [2.75, 3.05) is 37.7 Å². The van der Waals surface area contributed by atoms with Crippen molar-refractivity contribution in [2.45, 2.75) is 19.1 Å². The topological polar surface area (TPSA) is 58.6 Å². The highest BCUT2D eigenvalue weighted by atomic mass is 32.2. The largest absolute Gasteiger partial charge is 0.473 e. The van der Waals surface area contributed by atoms with Crippen LogP contribution in [0.4, 0.5) is 0 Å². The van der Waals surface area contributed by atoms with Gasteiger partial charge in [0.05, 0.1) is 5.56 Å². The summed E-state index contributed by atoms with van der Waals surface area (Å²) in [6.45, 7) is 4.13. The molecule has 0 N–H and O–H groups in total. The van der Waals surface area contributed by atoms with Crippen LogP contribution in [0.25, 0.3) is 0 Å². The molecule has 4 heterocycles. The molecule has 0 aliphatic carbocycles.